The minimum absolute atomic E-state index is 0.0187. The molecule has 1 aromatic rings. The number of carbonyl (C=O) groups excluding carboxylic acids is 1. The highest BCUT2D eigenvalue weighted by atomic mass is 35.5. The Morgan fingerprint density at radius 1 is 1.37 bits per heavy atom. The van der Waals surface area contributed by atoms with E-state index in [1.807, 2.05) is 20.8 Å². The molecular formula is C14H23ClN2O2. The van der Waals surface area contributed by atoms with E-state index in [0.29, 0.717) is 10.7 Å². The Kier molecular flexibility index (Phi) is 6.01. The number of aryl methyl sites for hydroxylation is 2. The molecule has 0 amide bonds. The van der Waals surface area contributed by atoms with Crippen LogP contribution in [0.1, 0.15) is 45.0 Å². The quantitative estimate of drug-likeness (QED) is 0.838. The summed E-state index contributed by atoms with van der Waals surface area (Å²) in [6, 6.07) is 0. The molecule has 5 heteroatoms. The van der Waals surface area contributed by atoms with E-state index in [1.54, 1.807) is 11.7 Å². The van der Waals surface area contributed by atoms with Gasteiger partial charge in [0.2, 0.25) is 0 Å². The van der Waals surface area contributed by atoms with E-state index in [4.69, 9.17) is 11.6 Å². The van der Waals surface area contributed by atoms with Crippen molar-refractivity contribution in [1.82, 2.24) is 9.78 Å². The first-order valence-electron chi connectivity index (χ1n) is 6.87. The van der Waals surface area contributed by atoms with E-state index in [2.05, 4.69) is 5.10 Å². The van der Waals surface area contributed by atoms with Crippen molar-refractivity contribution in [3.63, 3.8) is 0 Å². The predicted molar refractivity (Wildman–Crippen MR) is 76.4 cm³/mol. The van der Waals surface area contributed by atoms with Crippen LogP contribution in [0.4, 0.5) is 0 Å². The molecule has 4 nitrogen and oxygen atoms in total. The highest BCUT2D eigenvalue weighted by Crippen LogP contribution is 2.23. The molecule has 1 heterocycles. The highest BCUT2D eigenvalue weighted by molar-refractivity contribution is 6.32. The van der Waals surface area contributed by atoms with Crippen LogP contribution in [0.2, 0.25) is 5.02 Å². The Morgan fingerprint density at radius 3 is 2.37 bits per heavy atom. The van der Waals surface area contributed by atoms with Crippen molar-refractivity contribution in [2.75, 3.05) is 0 Å². The lowest BCUT2D eigenvalue weighted by Gasteiger charge is -2.18. The summed E-state index contributed by atoms with van der Waals surface area (Å²) >= 11 is 6.21. The van der Waals surface area contributed by atoms with Crippen LogP contribution < -0.4 is 0 Å². The van der Waals surface area contributed by atoms with Crippen molar-refractivity contribution in [3.8, 4) is 0 Å². The van der Waals surface area contributed by atoms with Crippen LogP contribution in [0.15, 0.2) is 0 Å². The summed E-state index contributed by atoms with van der Waals surface area (Å²) in [5.41, 5.74) is 1.48. The van der Waals surface area contributed by atoms with Crippen LogP contribution in [0.3, 0.4) is 0 Å². The molecule has 108 valence electrons. The summed E-state index contributed by atoms with van der Waals surface area (Å²) in [6.45, 7) is 5.94. The van der Waals surface area contributed by atoms with Gasteiger partial charge in [-0.2, -0.15) is 5.10 Å². The minimum atomic E-state index is -0.911. The molecule has 0 bridgehead atoms. The van der Waals surface area contributed by atoms with Gasteiger partial charge in [-0.1, -0.05) is 45.2 Å². The summed E-state index contributed by atoms with van der Waals surface area (Å²) in [4.78, 5) is 12.1. The van der Waals surface area contributed by atoms with Gasteiger partial charge >= 0.3 is 0 Å². The molecule has 1 unspecified atom stereocenters. The zero-order valence-electron chi connectivity index (χ0n) is 12.1. The molecule has 0 saturated carbocycles. The number of ketones is 1. The standard InChI is InChI=1S/C14H23ClN2O2/c1-5-9(6-2)14(19)12(18)8-11-13(15)10(7-3)16-17(11)4/h9,14,19H,5-8H2,1-4H3. The number of Topliss-reactive ketones (excluding diaryl/α,β-unsaturated/α-hetero) is 1. The zero-order valence-corrected chi connectivity index (χ0v) is 12.9. The van der Waals surface area contributed by atoms with Crippen molar-refractivity contribution in [2.24, 2.45) is 13.0 Å². The number of aliphatic hydroxyl groups excluding tert-OH is 1. The SMILES string of the molecule is CCc1nn(C)c(CC(=O)C(O)C(CC)CC)c1Cl. The number of aliphatic hydroxyl groups is 1. The second-order valence-electron chi connectivity index (χ2n) is 4.85. The normalized spacial score (nSPS) is 13.0. The van der Waals surface area contributed by atoms with E-state index in [9.17, 15) is 9.90 Å². The fourth-order valence-electron chi connectivity index (χ4n) is 2.28. The van der Waals surface area contributed by atoms with Crippen LogP contribution >= 0.6 is 11.6 Å². The van der Waals surface area contributed by atoms with Gasteiger partial charge in [0.1, 0.15) is 6.10 Å². The maximum atomic E-state index is 12.1. The Balaban J connectivity index is 2.85. The number of hydrogen-bond donors (Lipinski definition) is 1. The summed E-state index contributed by atoms with van der Waals surface area (Å²) in [7, 11) is 1.77. The minimum Gasteiger partial charge on any atom is -0.385 e. The van der Waals surface area contributed by atoms with Crippen LogP contribution in [0.25, 0.3) is 0 Å². The molecular weight excluding hydrogens is 264 g/mol. The number of nitrogens with zero attached hydrogens (tertiary/aromatic N) is 2. The molecule has 0 aliphatic heterocycles. The summed E-state index contributed by atoms with van der Waals surface area (Å²) in [5.74, 6) is -0.161. The van der Waals surface area contributed by atoms with Crippen molar-refractivity contribution >= 4 is 17.4 Å². The largest absolute Gasteiger partial charge is 0.385 e. The third-order valence-electron chi connectivity index (χ3n) is 3.67. The van der Waals surface area contributed by atoms with Crippen LogP contribution in [-0.2, 0) is 24.7 Å². The summed E-state index contributed by atoms with van der Waals surface area (Å²) < 4.78 is 1.64. The Morgan fingerprint density at radius 2 is 1.95 bits per heavy atom. The van der Waals surface area contributed by atoms with Crippen LogP contribution in [0.5, 0.6) is 0 Å². The van der Waals surface area contributed by atoms with E-state index >= 15 is 0 Å². The van der Waals surface area contributed by atoms with Crippen molar-refractivity contribution in [2.45, 2.75) is 52.6 Å². The predicted octanol–water partition coefficient (Wildman–Crippen LogP) is 2.54. The molecule has 0 aliphatic carbocycles. The van der Waals surface area contributed by atoms with E-state index in [-0.39, 0.29) is 18.1 Å². The number of halogens is 1. The molecule has 0 fully saturated rings. The van der Waals surface area contributed by atoms with Gasteiger partial charge in [-0.25, -0.2) is 0 Å². The van der Waals surface area contributed by atoms with Gasteiger partial charge in [0.15, 0.2) is 5.78 Å². The van der Waals surface area contributed by atoms with Gasteiger partial charge in [0.25, 0.3) is 0 Å². The van der Waals surface area contributed by atoms with Crippen molar-refractivity contribution in [3.05, 3.63) is 16.4 Å². The molecule has 0 radical (unpaired) electrons. The molecule has 1 atom stereocenters. The second-order valence-corrected chi connectivity index (χ2v) is 5.23. The van der Waals surface area contributed by atoms with Crippen molar-refractivity contribution in [1.29, 1.82) is 0 Å². The summed E-state index contributed by atoms with van der Waals surface area (Å²) in [5, 5.41) is 14.9. The lowest BCUT2D eigenvalue weighted by atomic mass is 9.92. The second kappa shape index (κ2) is 7.06. The molecule has 19 heavy (non-hydrogen) atoms. The van der Waals surface area contributed by atoms with E-state index in [0.717, 1.165) is 25.0 Å². The number of carbonyl (C=O) groups is 1. The number of aromatic nitrogens is 2. The first-order chi connectivity index (χ1) is 8.96. The Hall–Kier alpha value is -0.870. The average Bonchev–Trinajstić information content (AvgIpc) is 2.67. The van der Waals surface area contributed by atoms with Gasteiger partial charge in [-0.05, 0) is 12.3 Å². The van der Waals surface area contributed by atoms with Crippen LogP contribution in [0, 0.1) is 5.92 Å². The average molecular weight is 287 g/mol. The first-order valence-corrected chi connectivity index (χ1v) is 7.24. The van der Waals surface area contributed by atoms with Gasteiger partial charge in [0, 0.05) is 7.05 Å². The monoisotopic (exact) mass is 286 g/mol. The molecule has 1 rings (SSSR count). The van der Waals surface area contributed by atoms with E-state index < -0.39 is 6.10 Å². The van der Waals surface area contributed by atoms with Crippen molar-refractivity contribution < 1.29 is 9.90 Å². The van der Waals surface area contributed by atoms with Gasteiger partial charge in [-0.15, -0.1) is 0 Å². The third-order valence-corrected chi connectivity index (χ3v) is 4.11. The number of hydrogen-bond acceptors (Lipinski definition) is 3. The molecule has 1 aromatic heterocycles. The van der Waals surface area contributed by atoms with Crippen LogP contribution in [-0.4, -0.2) is 26.8 Å². The molecule has 0 saturated heterocycles. The highest BCUT2D eigenvalue weighted by Gasteiger charge is 2.25. The Bertz CT molecular complexity index is 439. The lowest BCUT2D eigenvalue weighted by molar-refractivity contribution is -0.129. The Labute approximate surface area is 119 Å². The molecule has 1 N–H and O–H groups in total. The zero-order chi connectivity index (χ0) is 14.6. The molecule has 0 aromatic carbocycles. The van der Waals surface area contributed by atoms with Gasteiger partial charge in [-0.3, -0.25) is 9.48 Å². The maximum Gasteiger partial charge on any atom is 0.167 e. The fraction of sp³-hybridized carbons (Fsp3) is 0.714. The molecule has 0 spiro atoms. The topological polar surface area (TPSA) is 55.1 Å². The lowest BCUT2D eigenvalue weighted by Crippen LogP contribution is -2.30. The van der Waals surface area contributed by atoms with E-state index in [1.165, 1.54) is 0 Å². The summed E-state index contributed by atoms with van der Waals surface area (Å²) in [6.07, 6.45) is 1.55. The molecule has 0 aliphatic rings. The smallest absolute Gasteiger partial charge is 0.167 e. The van der Waals surface area contributed by atoms with Gasteiger partial charge < -0.3 is 5.11 Å². The first kappa shape index (κ1) is 16.2. The maximum absolute atomic E-state index is 12.1. The third kappa shape index (κ3) is 3.57. The van der Waals surface area contributed by atoms with Gasteiger partial charge in [0.05, 0.1) is 22.8 Å². The fourth-order valence-corrected chi connectivity index (χ4v) is 2.64. The number of rotatable bonds is 7.